The molecular formula is C18H25F3N4O2S. The molecule has 4 atom stereocenters. The zero-order chi connectivity index (χ0) is 20.3. The normalized spacial score (nSPS) is 29.2. The topological polar surface area (TPSA) is 60.3 Å². The van der Waals surface area contributed by atoms with Crippen LogP contribution >= 0.6 is 11.3 Å². The van der Waals surface area contributed by atoms with Crippen LogP contribution in [0.15, 0.2) is 11.1 Å². The van der Waals surface area contributed by atoms with Gasteiger partial charge in [0, 0.05) is 42.0 Å². The second kappa shape index (κ2) is 6.94. The molecular weight excluding hydrogens is 393 g/mol. The maximum atomic E-state index is 12.8. The third-order valence-electron chi connectivity index (χ3n) is 5.27. The van der Waals surface area contributed by atoms with Crippen molar-refractivity contribution >= 4 is 22.7 Å². The van der Waals surface area contributed by atoms with Crippen molar-refractivity contribution in [3.63, 3.8) is 0 Å². The van der Waals surface area contributed by atoms with Gasteiger partial charge >= 0.3 is 6.18 Å². The van der Waals surface area contributed by atoms with Crippen molar-refractivity contribution in [3.8, 4) is 0 Å². The van der Waals surface area contributed by atoms with Gasteiger partial charge < -0.3 is 15.2 Å². The summed E-state index contributed by atoms with van der Waals surface area (Å²) in [5.74, 6) is 0.403. The number of aliphatic hydroxyl groups excluding tert-OH is 1. The van der Waals surface area contributed by atoms with Crippen LogP contribution in [0.2, 0.25) is 0 Å². The molecule has 0 bridgehead atoms. The lowest BCUT2D eigenvalue weighted by Crippen LogP contribution is -2.56. The van der Waals surface area contributed by atoms with Gasteiger partial charge in [-0.25, -0.2) is 0 Å². The summed E-state index contributed by atoms with van der Waals surface area (Å²) < 4.78 is 43.9. The molecule has 1 aromatic rings. The Bertz CT molecular complexity index is 761. The number of hydrogen-bond donors (Lipinski definition) is 2. The molecule has 3 aliphatic rings. The quantitative estimate of drug-likeness (QED) is 0.737. The van der Waals surface area contributed by atoms with Gasteiger partial charge in [0.1, 0.15) is 11.2 Å². The number of aliphatic hydroxyl groups is 1. The number of nitrogens with zero attached hydrogens (tertiary/aromatic N) is 3. The second-order valence-electron chi connectivity index (χ2n) is 8.62. The summed E-state index contributed by atoms with van der Waals surface area (Å²) in [6, 6.07) is 1.83. The van der Waals surface area contributed by atoms with E-state index in [1.807, 2.05) is 25.7 Å². The number of hydrogen-bond acceptors (Lipinski definition) is 7. The van der Waals surface area contributed by atoms with Crippen LogP contribution in [0.4, 0.5) is 18.2 Å². The van der Waals surface area contributed by atoms with Crippen LogP contribution in [0.25, 0.3) is 0 Å². The molecule has 0 aliphatic carbocycles. The van der Waals surface area contributed by atoms with Gasteiger partial charge in [-0.05, 0) is 26.8 Å². The molecule has 0 saturated carbocycles. The highest BCUT2D eigenvalue weighted by atomic mass is 32.1. The maximum absolute atomic E-state index is 12.8. The molecule has 0 aromatic carbocycles. The molecule has 2 saturated heterocycles. The SMILES string of the molecule is CC(C)(C)OC(O)N1C[C@H]2CN(C3N=CNc4sc(CC(F)(F)F)cc43)[C@H]2C1. The van der Waals surface area contributed by atoms with E-state index in [0.717, 1.165) is 35.0 Å². The van der Waals surface area contributed by atoms with Gasteiger partial charge in [-0.1, -0.05) is 0 Å². The molecule has 2 unspecified atom stereocenters. The first kappa shape index (κ1) is 20.1. The second-order valence-corrected chi connectivity index (χ2v) is 9.76. The van der Waals surface area contributed by atoms with Crippen LogP contribution in [0.5, 0.6) is 0 Å². The minimum Gasteiger partial charge on any atom is -0.356 e. The fourth-order valence-electron chi connectivity index (χ4n) is 4.12. The van der Waals surface area contributed by atoms with Crippen LogP contribution in [0, 0.1) is 5.92 Å². The fraction of sp³-hybridized carbons (Fsp3) is 0.722. The van der Waals surface area contributed by atoms with Gasteiger partial charge in [0.25, 0.3) is 0 Å². The lowest BCUT2D eigenvalue weighted by atomic mass is 9.90. The minimum atomic E-state index is -4.22. The van der Waals surface area contributed by atoms with Crippen molar-refractivity contribution in [1.82, 2.24) is 9.80 Å². The molecule has 3 aliphatic heterocycles. The standard InChI is InChI=1S/C18H25F3N4O2S/c1-17(2,3)27-16(26)24-6-10-7-25(13(10)8-24)14-12-4-11(5-18(19,20)21)28-15(12)23-9-22-14/h4,9-10,13-14,16,26H,5-8H2,1-3H3,(H,22,23)/t10-,13-,14?,16?/m0/s1. The maximum Gasteiger partial charge on any atom is 0.393 e. The number of thiophene rings is 1. The van der Waals surface area contributed by atoms with Gasteiger partial charge in [0.2, 0.25) is 6.41 Å². The predicted molar refractivity (Wildman–Crippen MR) is 101 cm³/mol. The van der Waals surface area contributed by atoms with Crippen LogP contribution in [-0.4, -0.2) is 65.1 Å². The molecule has 6 nitrogen and oxygen atoms in total. The Morgan fingerprint density at radius 1 is 1.32 bits per heavy atom. The highest BCUT2D eigenvalue weighted by molar-refractivity contribution is 7.16. The molecule has 0 spiro atoms. The van der Waals surface area contributed by atoms with Gasteiger partial charge in [0.05, 0.1) is 18.4 Å². The molecule has 0 amide bonds. The molecule has 4 heterocycles. The zero-order valence-corrected chi connectivity index (χ0v) is 16.8. The van der Waals surface area contributed by atoms with Crippen LogP contribution in [0.1, 0.15) is 37.4 Å². The van der Waals surface area contributed by atoms with E-state index in [2.05, 4.69) is 15.2 Å². The highest BCUT2D eigenvalue weighted by Gasteiger charge is 2.51. The summed E-state index contributed by atoms with van der Waals surface area (Å²) in [6.45, 7) is 7.88. The molecule has 1 aromatic heterocycles. The van der Waals surface area contributed by atoms with Gasteiger partial charge in [-0.2, -0.15) is 13.2 Å². The van der Waals surface area contributed by atoms with E-state index < -0.39 is 24.6 Å². The number of fused-ring (bicyclic) bond motifs is 2. The van der Waals surface area contributed by atoms with E-state index in [1.165, 1.54) is 0 Å². The van der Waals surface area contributed by atoms with E-state index in [0.29, 0.717) is 17.3 Å². The minimum absolute atomic E-state index is 0.206. The molecule has 4 rings (SSSR count). The average Bonchev–Trinajstić information content (AvgIpc) is 3.06. The summed E-state index contributed by atoms with van der Waals surface area (Å²) in [5, 5.41) is 14.1. The third-order valence-corrected chi connectivity index (χ3v) is 6.35. The first-order chi connectivity index (χ1) is 13.0. The number of alkyl halides is 3. The number of likely N-dealkylation sites (tertiary alicyclic amines) is 2. The molecule has 10 heteroatoms. The lowest BCUT2D eigenvalue weighted by molar-refractivity contribution is -0.234. The molecule has 156 valence electrons. The fourth-order valence-corrected chi connectivity index (χ4v) is 5.20. The summed E-state index contributed by atoms with van der Waals surface area (Å²) in [4.78, 5) is 8.90. The van der Waals surface area contributed by atoms with Crippen molar-refractivity contribution in [2.75, 3.05) is 25.0 Å². The number of anilines is 1. The number of rotatable bonds is 4. The predicted octanol–water partition coefficient (Wildman–Crippen LogP) is 3.01. The Morgan fingerprint density at radius 2 is 2.07 bits per heavy atom. The number of halogens is 3. The summed E-state index contributed by atoms with van der Waals surface area (Å²) in [5.41, 5.74) is 0.357. The number of nitrogens with one attached hydrogen (secondary N) is 1. The van der Waals surface area contributed by atoms with Gasteiger partial charge in [-0.15, -0.1) is 11.3 Å². The smallest absolute Gasteiger partial charge is 0.356 e. The summed E-state index contributed by atoms with van der Waals surface area (Å²) in [7, 11) is 0. The van der Waals surface area contributed by atoms with Crippen molar-refractivity contribution in [2.45, 2.75) is 57.6 Å². The number of aliphatic imine (C=N–C) groups is 1. The van der Waals surface area contributed by atoms with E-state index in [9.17, 15) is 18.3 Å². The zero-order valence-electron chi connectivity index (χ0n) is 16.0. The van der Waals surface area contributed by atoms with Crippen molar-refractivity contribution in [3.05, 3.63) is 16.5 Å². The monoisotopic (exact) mass is 418 g/mol. The Labute approximate surface area is 166 Å². The highest BCUT2D eigenvalue weighted by Crippen LogP contribution is 2.45. The van der Waals surface area contributed by atoms with Crippen LogP contribution in [0.3, 0.4) is 0 Å². The molecule has 2 N–H and O–H groups in total. The average molecular weight is 418 g/mol. The Morgan fingerprint density at radius 3 is 2.75 bits per heavy atom. The first-order valence-electron chi connectivity index (χ1n) is 9.33. The van der Waals surface area contributed by atoms with Crippen molar-refractivity contribution < 1.29 is 23.0 Å². The van der Waals surface area contributed by atoms with Crippen molar-refractivity contribution in [2.24, 2.45) is 10.9 Å². The Balaban J connectivity index is 1.44. The van der Waals surface area contributed by atoms with Gasteiger partial charge in [0.15, 0.2) is 0 Å². The lowest BCUT2D eigenvalue weighted by Gasteiger charge is -2.47. The van der Waals surface area contributed by atoms with E-state index >= 15 is 0 Å². The molecule has 28 heavy (non-hydrogen) atoms. The Kier molecular flexibility index (Phi) is 4.98. The first-order valence-corrected chi connectivity index (χ1v) is 10.1. The van der Waals surface area contributed by atoms with E-state index in [1.54, 1.807) is 12.4 Å². The largest absolute Gasteiger partial charge is 0.393 e. The molecule has 0 radical (unpaired) electrons. The van der Waals surface area contributed by atoms with Crippen LogP contribution in [-0.2, 0) is 11.2 Å². The summed E-state index contributed by atoms with van der Waals surface area (Å²) >= 11 is 1.14. The Hall–Kier alpha value is -1.20. The van der Waals surface area contributed by atoms with E-state index in [4.69, 9.17) is 4.74 Å². The van der Waals surface area contributed by atoms with Gasteiger partial charge in [-0.3, -0.25) is 14.8 Å². The summed E-state index contributed by atoms with van der Waals surface area (Å²) in [6.07, 6.45) is -4.82. The van der Waals surface area contributed by atoms with Crippen molar-refractivity contribution in [1.29, 1.82) is 0 Å². The molecule has 2 fully saturated rings. The van der Waals surface area contributed by atoms with Crippen LogP contribution < -0.4 is 5.32 Å². The third kappa shape index (κ3) is 4.06. The van der Waals surface area contributed by atoms with E-state index in [-0.39, 0.29) is 12.2 Å². The number of ether oxygens (including phenoxy) is 1.